The van der Waals surface area contributed by atoms with E-state index in [4.69, 9.17) is 4.74 Å². The molecule has 0 unspecified atom stereocenters. The van der Waals surface area contributed by atoms with E-state index in [0.717, 1.165) is 6.07 Å². The van der Waals surface area contributed by atoms with Gasteiger partial charge in [-0.2, -0.15) is 0 Å². The molecule has 7 nitrogen and oxygen atoms in total. The maximum Gasteiger partial charge on any atom is 0.325 e. The summed E-state index contributed by atoms with van der Waals surface area (Å²) in [6.45, 7) is 5.00. The number of phenolic OH excluding ortho intramolecular Hbond substituents is 1. The monoisotopic (exact) mass is 268 g/mol. The maximum atomic E-state index is 11.5. The van der Waals surface area contributed by atoms with Crippen LogP contribution in [0.25, 0.3) is 0 Å². The number of anilines is 1. The number of aromatic hydroxyl groups is 1. The summed E-state index contributed by atoms with van der Waals surface area (Å²) in [4.78, 5) is 21.6. The fourth-order valence-electron chi connectivity index (χ4n) is 1.37. The Balaban J connectivity index is 2.73. The van der Waals surface area contributed by atoms with E-state index in [-0.39, 0.29) is 23.7 Å². The molecule has 0 heterocycles. The van der Waals surface area contributed by atoms with E-state index in [1.54, 1.807) is 20.8 Å². The van der Waals surface area contributed by atoms with Gasteiger partial charge in [0.1, 0.15) is 23.6 Å². The summed E-state index contributed by atoms with van der Waals surface area (Å²) in [6.07, 6.45) is 0. The second-order valence-electron chi connectivity index (χ2n) is 4.90. The SMILES string of the molecule is CC(C)(C)OC(=O)CNc1ccc(O)cc1[N+](=O)[O-]. The number of ether oxygens (including phenoxy) is 1. The molecule has 19 heavy (non-hydrogen) atoms. The van der Waals surface area contributed by atoms with Crippen LogP contribution in [-0.4, -0.2) is 28.1 Å². The van der Waals surface area contributed by atoms with Crippen LogP contribution >= 0.6 is 0 Å². The van der Waals surface area contributed by atoms with Crippen molar-refractivity contribution in [2.75, 3.05) is 11.9 Å². The molecule has 1 rings (SSSR count). The lowest BCUT2D eigenvalue weighted by atomic mass is 10.2. The largest absolute Gasteiger partial charge is 0.508 e. The minimum absolute atomic E-state index is 0.147. The molecule has 0 aromatic heterocycles. The van der Waals surface area contributed by atoms with E-state index >= 15 is 0 Å². The van der Waals surface area contributed by atoms with Gasteiger partial charge in [-0.05, 0) is 32.9 Å². The number of nitro groups is 1. The number of carbonyl (C=O) groups excluding carboxylic acids is 1. The fraction of sp³-hybridized carbons (Fsp3) is 0.417. The van der Waals surface area contributed by atoms with E-state index < -0.39 is 16.5 Å². The Kier molecular flexibility index (Phi) is 4.31. The van der Waals surface area contributed by atoms with Gasteiger partial charge in [-0.1, -0.05) is 0 Å². The minimum atomic E-state index is -0.642. The van der Waals surface area contributed by atoms with Gasteiger partial charge in [0.15, 0.2) is 0 Å². The number of nitrogens with one attached hydrogen (secondary N) is 1. The quantitative estimate of drug-likeness (QED) is 0.375. The molecule has 0 saturated heterocycles. The van der Waals surface area contributed by atoms with Gasteiger partial charge < -0.3 is 15.2 Å². The van der Waals surface area contributed by atoms with Gasteiger partial charge in [0.2, 0.25) is 0 Å². The third-order valence-corrected chi connectivity index (χ3v) is 2.02. The Morgan fingerprint density at radius 3 is 2.63 bits per heavy atom. The van der Waals surface area contributed by atoms with Gasteiger partial charge in [-0.3, -0.25) is 14.9 Å². The molecular formula is C12H16N2O5. The molecule has 1 aromatic carbocycles. The number of hydrogen-bond acceptors (Lipinski definition) is 6. The Hall–Kier alpha value is -2.31. The smallest absolute Gasteiger partial charge is 0.325 e. The Morgan fingerprint density at radius 2 is 2.11 bits per heavy atom. The molecule has 0 aliphatic heterocycles. The summed E-state index contributed by atoms with van der Waals surface area (Å²) >= 11 is 0. The first-order chi connectivity index (χ1) is 8.69. The van der Waals surface area contributed by atoms with Crippen molar-refractivity contribution in [1.29, 1.82) is 0 Å². The van der Waals surface area contributed by atoms with Gasteiger partial charge in [0, 0.05) is 0 Å². The lowest BCUT2D eigenvalue weighted by molar-refractivity contribution is -0.384. The third-order valence-electron chi connectivity index (χ3n) is 2.02. The highest BCUT2D eigenvalue weighted by atomic mass is 16.6. The van der Waals surface area contributed by atoms with E-state index in [2.05, 4.69) is 5.32 Å². The molecule has 7 heteroatoms. The van der Waals surface area contributed by atoms with Gasteiger partial charge in [-0.15, -0.1) is 0 Å². The first-order valence-corrected chi connectivity index (χ1v) is 5.62. The molecule has 2 N–H and O–H groups in total. The predicted octanol–water partition coefficient (Wildman–Crippen LogP) is 2.05. The number of hydrogen-bond donors (Lipinski definition) is 2. The molecule has 104 valence electrons. The predicted molar refractivity (Wildman–Crippen MR) is 69.1 cm³/mol. The molecule has 0 aliphatic rings. The van der Waals surface area contributed by atoms with Gasteiger partial charge in [0.05, 0.1) is 11.0 Å². The molecular weight excluding hydrogens is 252 g/mol. The summed E-state index contributed by atoms with van der Waals surface area (Å²) in [6, 6.07) is 3.64. The third kappa shape index (κ3) is 4.82. The van der Waals surface area contributed by atoms with Crippen molar-refractivity contribution >= 4 is 17.3 Å². The van der Waals surface area contributed by atoms with Crippen molar-refractivity contribution in [1.82, 2.24) is 0 Å². The van der Waals surface area contributed by atoms with Gasteiger partial charge >= 0.3 is 5.97 Å². The van der Waals surface area contributed by atoms with Crippen LogP contribution in [0.5, 0.6) is 5.75 Å². The van der Waals surface area contributed by atoms with E-state index in [1.807, 2.05) is 0 Å². The first-order valence-electron chi connectivity index (χ1n) is 5.62. The number of rotatable bonds is 4. The van der Waals surface area contributed by atoms with Crippen LogP contribution in [0, 0.1) is 10.1 Å². The highest BCUT2D eigenvalue weighted by molar-refractivity contribution is 5.77. The van der Waals surface area contributed by atoms with Crippen LogP contribution < -0.4 is 5.32 Å². The summed E-state index contributed by atoms with van der Waals surface area (Å²) in [5, 5.41) is 22.6. The zero-order valence-corrected chi connectivity index (χ0v) is 11.0. The van der Waals surface area contributed by atoms with Crippen molar-refractivity contribution in [2.24, 2.45) is 0 Å². The highest BCUT2D eigenvalue weighted by Crippen LogP contribution is 2.28. The summed E-state index contributed by atoms with van der Waals surface area (Å²) in [5.74, 6) is -0.732. The number of phenols is 1. The molecule has 0 radical (unpaired) electrons. The molecule has 0 fully saturated rings. The van der Waals surface area contributed by atoms with Crippen LogP contribution in [0.3, 0.4) is 0 Å². The molecule has 0 spiro atoms. The highest BCUT2D eigenvalue weighted by Gasteiger charge is 2.18. The first kappa shape index (κ1) is 14.7. The number of benzene rings is 1. The molecule has 1 aromatic rings. The Morgan fingerprint density at radius 1 is 1.47 bits per heavy atom. The topological polar surface area (TPSA) is 102 Å². The van der Waals surface area contributed by atoms with E-state index in [9.17, 15) is 20.0 Å². The lowest BCUT2D eigenvalue weighted by Gasteiger charge is -2.19. The van der Waals surface area contributed by atoms with Crippen LogP contribution in [0.2, 0.25) is 0 Å². The zero-order valence-electron chi connectivity index (χ0n) is 11.0. The lowest BCUT2D eigenvalue weighted by Crippen LogP contribution is -2.28. The van der Waals surface area contributed by atoms with Crippen molar-refractivity contribution in [3.8, 4) is 5.75 Å². The van der Waals surface area contributed by atoms with Crippen molar-refractivity contribution in [3.63, 3.8) is 0 Å². The van der Waals surface area contributed by atoms with E-state index in [1.165, 1.54) is 12.1 Å². The average Bonchev–Trinajstić information content (AvgIpc) is 2.24. The zero-order chi connectivity index (χ0) is 14.6. The Bertz CT molecular complexity index is 493. The van der Waals surface area contributed by atoms with Crippen molar-refractivity contribution in [3.05, 3.63) is 28.3 Å². The second kappa shape index (κ2) is 5.55. The van der Waals surface area contributed by atoms with Crippen LogP contribution in [0.1, 0.15) is 20.8 Å². The normalized spacial score (nSPS) is 10.9. The standard InChI is InChI=1S/C12H16N2O5/c1-12(2,3)19-11(16)7-13-9-5-4-8(15)6-10(9)14(17)18/h4-6,13,15H,7H2,1-3H3. The molecule has 0 bridgehead atoms. The minimum Gasteiger partial charge on any atom is -0.508 e. The van der Waals surface area contributed by atoms with Crippen LogP contribution in [0.15, 0.2) is 18.2 Å². The number of carbonyl (C=O) groups is 1. The van der Waals surface area contributed by atoms with Crippen LogP contribution in [-0.2, 0) is 9.53 Å². The molecule has 0 amide bonds. The fourth-order valence-corrected chi connectivity index (χ4v) is 1.37. The average molecular weight is 268 g/mol. The van der Waals surface area contributed by atoms with Crippen LogP contribution in [0.4, 0.5) is 11.4 Å². The molecule has 0 saturated carbocycles. The Labute approximate surface area is 110 Å². The van der Waals surface area contributed by atoms with Crippen molar-refractivity contribution in [2.45, 2.75) is 26.4 Å². The molecule has 0 aliphatic carbocycles. The molecule has 0 atom stereocenters. The summed E-state index contributed by atoms with van der Waals surface area (Å²) in [5.41, 5.74) is -0.767. The van der Waals surface area contributed by atoms with Crippen molar-refractivity contribution < 1.29 is 19.6 Å². The number of esters is 1. The maximum absolute atomic E-state index is 11.5. The second-order valence-corrected chi connectivity index (χ2v) is 4.90. The summed E-state index contributed by atoms with van der Waals surface area (Å²) in [7, 11) is 0. The summed E-state index contributed by atoms with van der Waals surface area (Å²) < 4.78 is 5.06. The number of nitro benzene ring substituents is 1. The number of nitrogens with zero attached hydrogens (tertiary/aromatic N) is 1. The van der Waals surface area contributed by atoms with Gasteiger partial charge in [-0.25, -0.2) is 0 Å². The van der Waals surface area contributed by atoms with E-state index in [0.29, 0.717) is 0 Å². The van der Waals surface area contributed by atoms with Gasteiger partial charge in [0.25, 0.3) is 5.69 Å².